The van der Waals surface area contributed by atoms with Gasteiger partial charge in [0.2, 0.25) is 11.4 Å². The molecular weight excluding hydrogens is 318 g/mol. The molecule has 0 amide bonds. The van der Waals surface area contributed by atoms with Crippen molar-refractivity contribution < 1.29 is 4.73 Å². The Morgan fingerprint density at radius 2 is 1.35 bits per heavy atom. The highest BCUT2D eigenvalue weighted by Crippen LogP contribution is 2.31. The van der Waals surface area contributed by atoms with Gasteiger partial charge < -0.3 is 5.21 Å². The molecule has 4 rings (SSSR count). The number of hydrogen-bond donors (Lipinski definition) is 0. The summed E-state index contributed by atoms with van der Waals surface area (Å²) in [6, 6.07) is 24.2. The third-order valence-corrected chi connectivity index (χ3v) is 5.52. The van der Waals surface area contributed by atoms with Crippen LogP contribution in [0.1, 0.15) is 37.7 Å². The first-order valence-electron chi connectivity index (χ1n) is 9.69. The zero-order valence-corrected chi connectivity index (χ0v) is 15.1. The molecule has 26 heavy (non-hydrogen) atoms. The van der Waals surface area contributed by atoms with Crippen molar-refractivity contribution in [3.05, 3.63) is 83.6 Å². The van der Waals surface area contributed by atoms with Gasteiger partial charge in [0.05, 0.1) is 0 Å². The molecule has 0 N–H and O–H groups in total. The van der Waals surface area contributed by atoms with Crippen molar-refractivity contribution in [2.24, 2.45) is 5.92 Å². The van der Waals surface area contributed by atoms with Crippen LogP contribution in [0.15, 0.2) is 72.8 Å². The van der Waals surface area contributed by atoms with Crippen molar-refractivity contribution >= 4 is 0 Å². The average molecular weight is 343 g/mol. The lowest BCUT2D eigenvalue weighted by Crippen LogP contribution is -2.34. The summed E-state index contributed by atoms with van der Waals surface area (Å²) in [5.41, 5.74) is 4.68. The predicted octanol–water partition coefficient (Wildman–Crippen LogP) is 5.78. The van der Waals surface area contributed by atoms with Crippen molar-refractivity contribution in [3.63, 3.8) is 0 Å². The van der Waals surface area contributed by atoms with Crippen LogP contribution in [-0.4, -0.2) is 0 Å². The summed E-state index contributed by atoms with van der Waals surface area (Å²) in [6.45, 7) is 0. The zero-order valence-electron chi connectivity index (χ0n) is 15.1. The molecule has 1 aromatic heterocycles. The molecule has 1 aliphatic rings. The second-order valence-electron chi connectivity index (χ2n) is 7.33. The first-order chi connectivity index (χ1) is 12.8. The van der Waals surface area contributed by atoms with Crippen LogP contribution in [0.5, 0.6) is 0 Å². The standard InChI is InChI=1S/C24H25NO/c26-25-23(20-12-6-2-7-13-20)17-16-22(18-19-10-4-1-5-11-19)24(25)21-14-8-3-9-15-21/h2-3,6-9,12-17,19H,1,4-5,10-11,18H2. The second-order valence-corrected chi connectivity index (χ2v) is 7.33. The van der Waals surface area contributed by atoms with Gasteiger partial charge in [-0.05, 0) is 42.7 Å². The van der Waals surface area contributed by atoms with E-state index in [4.69, 9.17) is 0 Å². The fourth-order valence-corrected chi connectivity index (χ4v) is 4.17. The first-order valence-corrected chi connectivity index (χ1v) is 9.69. The topological polar surface area (TPSA) is 26.9 Å². The summed E-state index contributed by atoms with van der Waals surface area (Å²) in [5, 5.41) is 13.3. The van der Waals surface area contributed by atoms with Gasteiger partial charge in [0.15, 0.2) is 0 Å². The minimum absolute atomic E-state index is 0.703. The SMILES string of the molecule is [O-][n+]1c(-c2ccccc2)ccc(CC2CCCCC2)c1-c1ccccc1. The molecule has 0 bridgehead atoms. The van der Waals surface area contributed by atoms with Gasteiger partial charge in [-0.1, -0.05) is 68.5 Å². The van der Waals surface area contributed by atoms with Crippen LogP contribution in [0.4, 0.5) is 0 Å². The van der Waals surface area contributed by atoms with E-state index < -0.39 is 0 Å². The maximum atomic E-state index is 13.3. The van der Waals surface area contributed by atoms with E-state index in [0.717, 1.165) is 33.7 Å². The third-order valence-electron chi connectivity index (χ3n) is 5.52. The van der Waals surface area contributed by atoms with E-state index in [1.165, 1.54) is 37.7 Å². The minimum atomic E-state index is 0.703. The number of benzene rings is 2. The molecule has 2 aromatic carbocycles. The van der Waals surface area contributed by atoms with Crippen LogP contribution in [0.3, 0.4) is 0 Å². The van der Waals surface area contributed by atoms with Gasteiger partial charge in [0, 0.05) is 22.8 Å². The molecular formula is C24H25NO. The quantitative estimate of drug-likeness (QED) is 0.436. The Hall–Kier alpha value is -2.61. The molecule has 0 spiro atoms. The minimum Gasteiger partial charge on any atom is -0.618 e. The summed E-state index contributed by atoms with van der Waals surface area (Å²) in [7, 11) is 0. The Morgan fingerprint density at radius 1 is 0.731 bits per heavy atom. The smallest absolute Gasteiger partial charge is 0.227 e. The van der Waals surface area contributed by atoms with E-state index in [1.807, 2.05) is 66.7 Å². The lowest BCUT2D eigenvalue weighted by Gasteiger charge is -2.22. The van der Waals surface area contributed by atoms with Crippen molar-refractivity contribution in [2.75, 3.05) is 0 Å². The molecule has 0 unspecified atom stereocenters. The highest BCUT2D eigenvalue weighted by atomic mass is 16.5. The highest BCUT2D eigenvalue weighted by molar-refractivity contribution is 5.64. The number of hydrogen-bond acceptors (Lipinski definition) is 1. The lowest BCUT2D eigenvalue weighted by molar-refractivity contribution is -0.582. The molecule has 2 heteroatoms. The van der Waals surface area contributed by atoms with E-state index in [2.05, 4.69) is 6.07 Å². The Bertz CT molecular complexity index is 852. The summed E-state index contributed by atoms with van der Waals surface area (Å²) in [4.78, 5) is 0. The molecule has 1 aliphatic carbocycles. The zero-order chi connectivity index (χ0) is 17.8. The van der Waals surface area contributed by atoms with Crippen molar-refractivity contribution in [1.29, 1.82) is 0 Å². The summed E-state index contributed by atoms with van der Waals surface area (Å²) in [6.07, 6.45) is 7.58. The maximum Gasteiger partial charge on any atom is 0.227 e. The second kappa shape index (κ2) is 7.74. The number of pyridine rings is 1. The van der Waals surface area contributed by atoms with Gasteiger partial charge in [-0.15, -0.1) is 0 Å². The van der Waals surface area contributed by atoms with Crippen molar-refractivity contribution in [3.8, 4) is 22.5 Å². The van der Waals surface area contributed by atoms with Crippen LogP contribution in [0.25, 0.3) is 22.5 Å². The van der Waals surface area contributed by atoms with Gasteiger partial charge >= 0.3 is 0 Å². The largest absolute Gasteiger partial charge is 0.618 e. The predicted molar refractivity (Wildman–Crippen MR) is 107 cm³/mol. The molecule has 132 valence electrons. The number of nitrogens with zero attached hydrogens (tertiary/aromatic N) is 1. The summed E-state index contributed by atoms with van der Waals surface area (Å²) >= 11 is 0. The van der Waals surface area contributed by atoms with Gasteiger partial charge in [-0.3, -0.25) is 0 Å². The van der Waals surface area contributed by atoms with E-state index >= 15 is 0 Å². The average Bonchev–Trinajstić information content (AvgIpc) is 2.70. The Balaban J connectivity index is 1.79. The number of rotatable bonds is 4. The lowest BCUT2D eigenvalue weighted by atomic mass is 9.84. The molecule has 0 aliphatic heterocycles. The van der Waals surface area contributed by atoms with Gasteiger partial charge in [-0.2, -0.15) is 4.73 Å². The molecule has 1 fully saturated rings. The van der Waals surface area contributed by atoms with E-state index in [-0.39, 0.29) is 0 Å². The number of aromatic nitrogens is 1. The summed E-state index contributed by atoms with van der Waals surface area (Å²) < 4.78 is 1.14. The molecule has 0 radical (unpaired) electrons. The first kappa shape index (κ1) is 16.8. The third kappa shape index (κ3) is 3.50. The molecule has 2 nitrogen and oxygen atoms in total. The van der Waals surface area contributed by atoms with Crippen LogP contribution in [-0.2, 0) is 6.42 Å². The highest BCUT2D eigenvalue weighted by Gasteiger charge is 2.23. The van der Waals surface area contributed by atoms with Gasteiger partial charge in [0.25, 0.3) is 0 Å². The van der Waals surface area contributed by atoms with Crippen molar-refractivity contribution in [1.82, 2.24) is 0 Å². The van der Waals surface area contributed by atoms with Crippen LogP contribution in [0, 0.1) is 11.1 Å². The van der Waals surface area contributed by atoms with E-state index in [9.17, 15) is 5.21 Å². The Labute approximate surface area is 155 Å². The van der Waals surface area contributed by atoms with Gasteiger partial charge in [-0.25, -0.2) is 0 Å². The van der Waals surface area contributed by atoms with E-state index in [1.54, 1.807) is 0 Å². The Morgan fingerprint density at radius 3 is 2.00 bits per heavy atom. The monoisotopic (exact) mass is 343 g/mol. The fourth-order valence-electron chi connectivity index (χ4n) is 4.17. The normalized spacial score (nSPS) is 15.1. The molecule has 0 atom stereocenters. The van der Waals surface area contributed by atoms with Gasteiger partial charge in [0.1, 0.15) is 0 Å². The molecule has 0 saturated heterocycles. The molecule has 1 heterocycles. The van der Waals surface area contributed by atoms with E-state index in [0.29, 0.717) is 5.92 Å². The van der Waals surface area contributed by atoms with Crippen LogP contribution >= 0.6 is 0 Å². The van der Waals surface area contributed by atoms with Crippen molar-refractivity contribution in [2.45, 2.75) is 38.5 Å². The molecule has 3 aromatic rings. The van der Waals surface area contributed by atoms with Crippen LogP contribution in [0.2, 0.25) is 0 Å². The summed E-state index contributed by atoms with van der Waals surface area (Å²) in [5.74, 6) is 0.703. The maximum absolute atomic E-state index is 13.3. The molecule has 1 saturated carbocycles. The Kier molecular flexibility index (Phi) is 5.01. The van der Waals surface area contributed by atoms with Crippen LogP contribution < -0.4 is 4.73 Å². The fraction of sp³-hybridized carbons (Fsp3) is 0.292.